The normalized spacial score (nSPS) is 24.4. The summed E-state index contributed by atoms with van der Waals surface area (Å²) in [5, 5.41) is 0. The van der Waals surface area contributed by atoms with Crippen LogP contribution < -0.4 is 4.90 Å². The lowest BCUT2D eigenvalue weighted by Gasteiger charge is -2.25. The second-order valence-corrected chi connectivity index (χ2v) is 5.43. The van der Waals surface area contributed by atoms with Gasteiger partial charge in [-0.3, -0.25) is 4.79 Å². The van der Waals surface area contributed by atoms with Gasteiger partial charge in [0.2, 0.25) is 5.95 Å². The lowest BCUT2D eigenvalue weighted by Crippen LogP contribution is -2.40. The number of fused-ring (bicyclic) bond motifs is 1. The number of rotatable bonds is 2. The number of likely N-dealkylation sites (tertiary alicyclic amines) is 1. The maximum atomic E-state index is 12.5. The zero-order valence-electron chi connectivity index (χ0n) is 11.6. The van der Waals surface area contributed by atoms with Gasteiger partial charge in [-0.2, -0.15) is 0 Å². The van der Waals surface area contributed by atoms with Crippen LogP contribution in [0.5, 0.6) is 0 Å². The molecule has 2 saturated heterocycles. The molecule has 2 aromatic rings. The van der Waals surface area contributed by atoms with Crippen LogP contribution in [-0.4, -0.2) is 45.9 Å². The van der Waals surface area contributed by atoms with E-state index in [0.717, 1.165) is 31.9 Å². The fourth-order valence-electron chi connectivity index (χ4n) is 3.47. The maximum Gasteiger partial charge on any atom is 0.289 e. The van der Waals surface area contributed by atoms with Crippen LogP contribution in [0.2, 0.25) is 0 Å². The SMILES string of the molecule is O=C(c1ccco1)N1CC[C@H]2[C@H]1CCN2c1ncccn1. The maximum absolute atomic E-state index is 12.5. The van der Waals surface area contributed by atoms with Crippen molar-refractivity contribution in [2.75, 3.05) is 18.0 Å². The average molecular weight is 284 g/mol. The molecule has 2 aliphatic heterocycles. The van der Waals surface area contributed by atoms with E-state index in [-0.39, 0.29) is 11.9 Å². The molecule has 0 spiro atoms. The summed E-state index contributed by atoms with van der Waals surface area (Å²) in [6.07, 6.45) is 6.97. The Morgan fingerprint density at radius 3 is 2.71 bits per heavy atom. The standard InChI is InChI=1S/C15H16N4O2/c20-14(13-3-1-10-21-13)18-8-4-12-11(18)5-9-19(12)15-16-6-2-7-17-15/h1-3,6-7,10-12H,4-5,8-9H2/t11-,12+/m1/s1. The molecule has 6 nitrogen and oxygen atoms in total. The first kappa shape index (κ1) is 12.4. The number of hydrogen-bond donors (Lipinski definition) is 0. The minimum Gasteiger partial charge on any atom is -0.459 e. The van der Waals surface area contributed by atoms with Crippen molar-refractivity contribution in [1.82, 2.24) is 14.9 Å². The molecule has 0 N–H and O–H groups in total. The van der Waals surface area contributed by atoms with Gasteiger partial charge in [0.25, 0.3) is 5.91 Å². The van der Waals surface area contributed by atoms with Crippen molar-refractivity contribution in [3.63, 3.8) is 0 Å². The van der Waals surface area contributed by atoms with E-state index in [4.69, 9.17) is 4.42 Å². The Hall–Kier alpha value is -2.37. The predicted molar refractivity (Wildman–Crippen MR) is 75.9 cm³/mol. The number of hydrogen-bond acceptors (Lipinski definition) is 5. The predicted octanol–water partition coefficient (Wildman–Crippen LogP) is 1.56. The van der Waals surface area contributed by atoms with Gasteiger partial charge in [-0.1, -0.05) is 0 Å². The Balaban J connectivity index is 1.55. The van der Waals surface area contributed by atoms with Crippen LogP contribution in [0.3, 0.4) is 0 Å². The van der Waals surface area contributed by atoms with E-state index in [0.29, 0.717) is 11.8 Å². The highest BCUT2D eigenvalue weighted by atomic mass is 16.3. The van der Waals surface area contributed by atoms with Crippen LogP contribution in [0, 0.1) is 0 Å². The summed E-state index contributed by atoms with van der Waals surface area (Å²) in [5.41, 5.74) is 0. The van der Waals surface area contributed by atoms with Gasteiger partial charge in [0.05, 0.1) is 18.3 Å². The second-order valence-electron chi connectivity index (χ2n) is 5.43. The van der Waals surface area contributed by atoms with E-state index in [9.17, 15) is 4.79 Å². The molecule has 4 heterocycles. The van der Waals surface area contributed by atoms with Crippen molar-refractivity contribution in [2.24, 2.45) is 0 Å². The lowest BCUT2D eigenvalue weighted by atomic mass is 10.1. The molecule has 0 aromatic carbocycles. The smallest absolute Gasteiger partial charge is 0.289 e. The minimum atomic E-state index is -0.0108. The largest absolute Gasteiger partial charge is 0.459 e. The Morgan fingerprint density at radius 1 is 1.14 bits per heavy atom. The van der Waals surface area contributed by atoms with Gasteiger partial charge in [0.15, 0.2) is 5.76 Å². The van der Waals surface area contributed by atoms with Crippen LogP contribution >= 0.6 is 0 Å². The fraction of sp³-hybridized carbons (Fsp3) is 0.400. The first-order valence-corrected chi connectivity index (χ1v) is 7.23. The zero-order chi connectivity index (χ0) is 14.2. The van der Waals surface area contributed by atoms with Crippen LogP contribution in [-0.2, 0) is 0 Å². The lowest BCUT2D eigenvalue weighted by molar-refractivity contribution is 0.0705. The molecular weight excluding hydrogens is 268 g/mol. The Bertz CT molecular complexity index is 628. The second kappa shape index (κ2) is 4.87. The molecular formula is C15H16N4O2. The number of amides is 1. The third kappa shape index (κ3) is 1.98. The first-order valence-electron chi connectivity index (χ1n) is 7.23. The van der Waals surface area contributed by atoms with Crippen molar-refractivity contribution in [2.45, 2.75) is 24.9 Å². The number of anilines is 1. The topological polar surface area (TPSA) is 62.5 Å². The Morgan fingerprint density at radius 2 is 1.95 bits per heavy atom. The molecule has 2 aliphatic rings. The molecule has 4 rings (SSSR count). The molecule has 1 amide bonds. The Labute approximate surface area is 122 Å². The highest BCUT2D eigenvalue weighted by Gasteiger charge is 2.45. The highest BCUT2D eigenvalue weighted by Crippen LogP contribution is 2.34. The van der Waals surface area contributed by atoms with E-state index in [2.05, 4.69) is 14.9 Å². The van der Waals surface area contributed by atoms with Crippen molar-refractivity contribution >= 4 is 11.9 Å². The van der Waals surface area contributed by atoms with E-state index in [1.807, 2.05) is 11.0 Å². The first-order chi connectivity index (χ1) is 10.3. The summed E-state index contributed by atoms with van der Waals surface area (Å²) < 4.78 is 5.24. The fourth-order valence-corrected chi connectivity index (χ4v) is 3.47. The summed E-state index contributed by atoms with van der Waals surface area (Å²) in [5.74, 6) is 1.17. The third-order valence-electron chi connectivity index (χ3n) is 4.38. The average Bonchev–Trinajstić information content (AvgIpc) is 3.24. The number of furan rings is 1. The molecule has 0 saturated carbocycles. The molecule has 0 aliphatic carbocycles. The molecule has 0 radical (unpaired) electrons. The number of carbonyl (C=O) groups is 1. The number of aromatic nitrogens is 2. The van der Waals surface area contributed by atoms with Gasteiger partial charge in [0.1, 0.15) is 0 Å². The van der Waals surface area contributed by atoms with Gasteiger partial charge in [-0.25, -0.2) is 9.97 Å². The Kier molecular flexibility index (Phi) is 2.87. The summed E-state index contributed by atoms with van der Waals surface area (Å²) in [6, 6.07) is 5.83. The zero-order valence-corrected chi connectivity index (χ0v) is 11.6. The van der Waals surface area contributed by atoms with Crippen molar-refractivity contribution in [3.05, 3.63) is 42.6 Å². The van der Waals surface area contributed by atoms with E-state index in [1.165, 1.54) is 0 Å². The third-order valence-corrected chi connectivity index (χ3v) is 4.38. The van der Waals surface area contributed by atoms with Crippen LogP contribution in [0.4, 0.5) is 5.95 Å². The van der Waals surface area contributed by atoms with Gasteiger partial charge in [-0.15, -0.1) is 0 Å². The van der Waals surface area contributed by atoms with Gasteiger partial charge < -0.3 is 14.2 Å². The molecule has 0 bridgehead atoms. The number of carbonyl (C=O) groups excluding carboxylic acids is 1. The number of nitrogens with zero attached hydrogens (tertiary/aromatic N) is 4. The monoisotopic (exact) mass is 284 g/mol. The van der Waals surface area contributed by atoms with E-state index < -0.39 is 0 Å². The van der Waals surface area contributed by atoms with Crippen molar-refractivity contribution in [1.29, 1.82) is 0 Å². The molecule has 2 atom stereocenters. The summed E-state index contributed by atoms with van der Waals surface area (Å²) in [6.45, 7) is 1.65. The van der Waals surface area contributed by atoms with Gasteiger partial charge in [0, 0.05) is 25.5 Å². The van der Waals surface area contributed by atoms with Crippen molar-refractivity contribution < 1.29 is 9.21 Å². The molecule has 2 fully saturated rings. The van der Waals surface area contributed by atoms with Crippen LogP contribution in [0.15, 0.2) is 41.3 Å². The minimum absolute atomic E-state index is 0.0108. The van der Waals surface area contributed by atoms with E-state index in [1.54, 1.807) is 30.8 Å². The quantitative estimate of drug-likeness (QED) is 0.837. The molecule has 2 aromatic heterocycles. The highest BCUT2D eigenvalue weighted by molar-refractivity contribution is 5.92. The van der Waals surface area contributed by atoms with Gasteiger partial charge >= 0.3 is 0 Å². The van der Waals surface area contributed by atoms with Crippen molar-refractivity contribution in [3.8, 4) is 0 Å². The van der Waals surface area contributed by atoms with Gasteiger partial charge in [-0.05, 0) is 31.0 Å². The molecule has 21 heavy (non-hydrogen) atoms. The molecule has 108 valence electrons. The molecule has 6 heteroatoms. The molecule has 0 unspecified atom stereocenters. The van der Waals surface area contributed by atoms with E-state index >= 15 is 0 Å². The summed E-state index contributed by atoms with van der Waals surface area (Å²) >= 11 is 0. The summed E-state index contributed by atoms with van der Waals surface area (Å²) in [7, 11) is 0. The van der Waals surface area contributed by atoms with Crippen LogP contribution in [0.25, 0.3) is 0 Å². The summed E-state index contributed by atoms with van der Waals surface area (Å²) in [4.78, 5) is 25.3. The van der Waals surface area contributed by atoms with Crippen LogP contribution in [0.1, 0.15) is 23.4 Å².